The predicted molar refractivity (Wildman–Crippen MR) is 104 cm³/mol. The summed E-state index contributed by atoms with van der Waals surface area (Å²) in [6.07, 6.45) is 8.43. The van der Waals surface area contributed by atoms with Gasteiger partial charge in [-0.05, 0) is 68.1 Å². The Bertz CT molecular complexity index is 629. The maximum absolute atomic E-state index is 12.1. The van der Waals surface area contributed by atoms with Crippen LogP contribution in [0.3, 0.4) is 0 Å². The van der Waals surface area contributed by atoms with Crippen LogP contribution in [0.25, 0.3) is 0 Å². The Morgan fingerprint density at radius 3 is 2.76 bits per heavy atom. The Balaban J connectivity index is 0.00000109. The van der Waals surface area contributed by atoms with Gasteiger partial charge in [0.05, 0.1) is 6.61 Å². The molecule has 136 valence electrons. The van der Waals surface area contributed by atoms with Gasteiger partial charge in [-0.25, -0.2) is 0 Å². The maximum atomic E-state index is 12.1. The van der Waals surface area contributed by atoms with Crippen LogP contribution in [0.4, 0.5) is 0 Å². The van der Waals surface area contributed by atoms with Crippen LogP contribution in [-0.2, 0) is 11.2 Å². The zero-order valence-corrected chi connectivity index (χ0v) is 15.8. The van der Waals surface area contributed by atoms with Crippen LogP contribution in [0.15, 0.2) is 42.8 Å². The van der Waals surface area contributed by atoms with E-state index in [2.05, 4.69) is 24.9 Å². The summed E-state index contributed by atoms with van der Waals surface area (Å²) < 4.78 is 5.80. The topological polar surface area (TPSA) is 38.3 Å². The fourth-order valence-electron chi connectivity index (χ4n) is 3.24. The van der Waals surface area contributed by atoms with Gasteiger partial charge < -0.3 is 10.1 Å². The van der Waals surface area contributed by atoms with E-state index < -0.39 is 0 Å². The molecule has 0 radical (unpaired) electrons. The van der Waals surface area contributed by atoms with Crippen LogP contribution in [0.1, 0.15) is 63.5 Å². The number of ketones is 1. The van der Waals surface area contributed by atoms with Gasteiger partial charge >= 0.3 is 0 Å². The number of allylic oxidation sites excluding steroid dienone is 1. The van der Waals surface area contributed by atoms with E-state index in [1.54, 1.807) is 6.20 Å². The lowest BCUT2D eigenvalue weighted by Gasteiger charge is -2.27. The van der Waals surface area contributed by atoms with Gasteiger partial charge in [0.2, 0.25) is 0 Å². The first-order valence-corrected chi connectivity index (χ1v) is 9.48. The minimum absolute atomic E-state index is 0.327. The standard InChI is InChI=1S/C20H25NO2.C2H6/c1-3-21-13-14(2)10-17-8-9-23-20-7-4-15(11-18(17)20)12-19(22)16-5-6-16;1-2/h3-4,7,11,13,16-17,21H,1,5-6,8-10,12H2,2H3;1-2H3/b14-13+;. The third-order valence-corrected chi connectivity index (χ3v) is 4.66. The smallest absolute Gasteiger partial charge is 0.140 e. The lowest BCUT2D eigenvalue weighted by molar-refractivity contribution is -0.119. The number of hydrogen-bond acceptors (Lipinski definition) is 3. The van der Waals surface area contributed by atoms with Crippen molar-refractivity contribution in [1.82, 2.24) is 5.32 Å². The highest BCUT2D eigenvalue weighted by atomic mass is 16.5. The third-order valence-electron chi connectivity index (χ3n) is 4.66. The zero-order chi connectivity index (χ0) is 18.2. The molecule has 25 heavy (non-hydrogen) atoms. The second-order valence-corrected chi connectivity index (χ2v) is 6.69. The van der Waals surface area contributed by atoms with Gasteiger partial charge in [0.15, 0.2) is 0 Å². The van der Waals surface area contributed by atoms with E-state index in [1.165, 1.54) is 11.1 Å². The van der Waals surface area contributed by atoms with Gasteiger partial charge in [-0.15, -0.1) is 0 Å². The summed E-state index contributed by atoms with van der Waals surface area (Å²) in [7, 11) is 0. The molecular weight excluding hydrogens is 310 g/mol. The number of ether oxygens (including phenoxy) is 1. The van der Waals surface area contributed by atoms with Crippen LogP contribution in [0, 0.1) is 5.92 Å². The maximum Gasteiger partial charge on any atom is 0.140 e. The molecule has 1 aliphatic heterocycles. The van der Waals surface area contributed by atoms with Crippen molar-refractivity contribution in [3.63, 3.8) is 0 Å². The van der Waals surface area contributed by atoms with E-state index in [-0.39, 0.29) is 0 Å². The lowest BCUT2D eigenvalue weighted by atomic mass is 9.86. The van der Waals surface area contributed by atoms with E-state index in [0.717, 1.165) is 43.6 Å². The SMILES string of the molecule is C=CN/C=C(\C)CC1CCOc2ccc(CC(=O)C3CC3)cc21.CC. The molecular formula is C22H31NO2. The molecule has 1 fully saturated rings. The highest BCUT2D eigenvalue weighted by Gasteiger charge is 2.29. The third kappa shape index (κ3) is 5.48. The number of benzene rings is 1. The number of Topliss-reactive ketones (excluding diaryl/α,β-unsaturated/α-hetero) is 1. The van der Waals surface area contributed by atoms with E-state index >= 15 is 0 Å². The van der Waals surface area contributed by atoms with Crippen LogP contribution >= 0.6 is 0 Å². The van der Waals surface area contributed by atoms with Crippen molar-refractivity contribution in [3.05, 3.63) is 53.9 Å². The Labute approximate surface area is 152 Å². The van der Waals surface area contributed by atoms with Gasteiger partial charge in [0.25, 0.3) is 0 Å². The Kier molecular flexibility index (Phi) is 7.30. The van der Waals surface area contributed by atoms with Crippen molar-refractivity contribution < 1.29 is 9.53 Å². The summed E-state index contributed by atoms with van der Waals surface area (Å²) in [6, 6.07) is 6.27. The molecule has 1 aliphatic carbocycles. The minimum atomic E-state index is 0.327. The number of fused-ring (bicyclic) bond motifs is 1. The largest absolute Gasteiger partial charge is 0.493 e. The predicted octanol–water partition coefficient (Wildman–Crippen LogP) is 5.13. The number of nitrogens with one attached hydrogen (secondary N) is 1. The first-order valence-electron chi connectivity index (χ1n) is 9.48. The molecule has 1 saturated carbocycles. The van der Waals surface area contributed by atoms with Gasteiger partial charge in [-0.3, -0.25) is 4.79 Å². The molecule has 1 aromatic carbocycles. The average molecular weight is 341 g/mol. The van der Waals surface area contributed by atoms with Gasteiger partial charge in [0, 0.05) is 12.3 Å². The van der Waals surface area contributed by atoms with Crippen molar-refractivity contribution in [1.29, 1.82) is 0 Å². The lowest BCUT2D eigenvalue weighted by Crippen LogP contribution is -2.16. The molecule has 1 atom stereocenters. The van der Waals surface area contributed by atoms with E-state index in [0.29, 0.717) is 24.0 Å². The van der Waals surface area contributed by atoms with Crippen molar-refractivity contribution >= 4 is 5.78 Å². The van der Waals surface area contributed by atoms with Crippen molar-refractivity contribution in [2.24, 2.45) is 5.92 Å². The Morgan fingerprint density at radius 2 is 2.08 bits per heavy atom. The summed E-state index contributed by atoms with van der Waals surface area (Å²) in [5.74, 6) is 2.16. The number of carbonyl (C=O) groups is 1. The van der Waals surface area contributed by atoms with Crippen molar-refractivity contribution in [3.8, 4) is 5.75 Å². The molecule has 2 aliphatic rings. The molecule has 0 saturated heterocycles. The number of carbonyl (C=O) groups excluding carboxylic acids is 1. The first-order chi connectivity index (χ1) is 12.2. The summed E-state index contributed by atoms with van der Waals surface area (Å²) in [5, 5.41) is 3.04. The van der Waals surface area contributed by atoms with E-state index in [9.17, 15) is 4.79 Å². The van der Waals surface area contributed by atoms with E-state index in [1.807, 2.05) is 32.2 Å². The molecule has 0 spiro atoms. The Hall–Kier alpha value is -2.03. The van der Waals surface area contributed by atoms with Gasteiger partial charge in [-0.2, -0.15) is 0 Å². The fraction of sp³-hybridized carbons (Fsp3) is 0.500. The highest BCUT2D eigenvalue weighted by Crippen LogP contribution is 2.38. The molecule has 0 bridgehead atoms. The number of rotatable bonds is 7. The summed E-state index contributed by atoms with van der Waals surface area (Å²) in [4.78, 5) is 12.1. The van der Waals surface area contributed by atoms with Gasteiger partial charge in [-0.1, -0.05) is 38.1 Å². The second-order valence-electron chi connectivity index (χ2n) is 6.69. The molecule has 3 rings (SSSR count). The highest BCUT2D eigenvalue weighted by molar-refractivity contribution is 5.85. The molecule has 0 aromatic heterocycles. The van der Waals surface area contributed by atoms with Crippen LogP contribution < -0.4 is 10.1 Å². The zero-order valence-electron chi connectivity index (χ0n) is 15.8. The fourth-order valence-corrected chi connectivity index (χ4v) is 3.24. The summed E-state index contributed by atoms with van der Waals surface area (Å²) in [5.41, 5.74) is 3.67. The normalized spacial score (nSPS) is 19.0. The van der Waals surface area contributed by atoms with Crippen LogP contribution in [0.5, 0.6) is 5.75 Å². The van der Waals surface area contributed by atoms with E-state index in [4.69, 9.17) is 4.74 Å². The molecule has 0 amide bonds. The second kappa shape index (κ2) is 9.45. The molecule has 3 heteroatoms. The number of hydrogen-bond donors (Lipinski definition) is 1. The molecule has 1 unspecified atom stereocenters. The van der Waals surface area contributed by atoms with Gasteiger partial charge in [0.1, 0.15) is 11.5 Å². The van der Waals surface area contributed by atoms with Crippen molar-refractivity contribution in [2.45, 2.75) is 58.8 Å². The summed E-state index contributed by atoms with van der Waals surface area (Å²) >= 11 is 0. The Morgan fingerprint density at radius 1 is 1.32 bits per heavy atom. The monoisotopic (exact) mass is 341 g/mol. The minimum Gasteiger partial charge on any atom is -0.493 e. The molecule has 1 heterocycles. The van der Waals surface area contributed by atoms with Crippen LogP contribution in [0.2, 0.25) is 0 Å². The molecule has 3 nitrogen and oxygen atoms in total. The molecule has 1 aromatic rings. The molecule has 1 N–H and O–H groups in total. The quantitative estimate of drug-likeness (QED) is 0.747. The van der Waals surface area contributed by atoms with Crippen molar-refractivity contribution in [2.75, 3.05) is 6.61 Å². The first kappa shape index (κ1) is 19.3. The van der Waals surface area contributed by atoms with Crippen LogP contribution in [-0.4, -0.2) is 12.4 Å². The summed E-state index contributed by atoms with van der Waals surface area (Å²) in [6.45, 7) is 10.6. The average Bonchev–Trinajstić information content (AvgIpc) is 3.47.